The minimum atomic E-state index is -0.846. The number of H-pyrrole nitrogens is 1. The van der Waals surface area contributed by atoms with Gasteiger partial charge in [0.1, 0.15) is 5.60 Å². The zero-order valence-electron chi connectivity index (χ0n) is 17.5. The molecular formula is C23H32N2O4. The van der Waals surface area contributed by atoms with E-state index in [9.17, 15) is 14.7 Å². The van der Waals surface area contributed by atoms with Gasteiger partial charge in [-0.3, -0.25) is 9.59 Å². The van der Waals surface area contributed by atoms with Crippen molar-refractivity contribution in [3.63, 3.8) is 0 Å². The van der Waals surface area contributed by atoms with Crippen molar-refractivity contribution >= 4 is 22.8 Å². The lowest BCUT2D eigenvalue weighted by Crippen LogP contribution is -2.39. The Morgan fingerprint density at radius 2 is 1.83 bits per heavy atom. The van der Waals surface area contributed by atoms with Crippen molar-refractivity contribution < 1.29 is 19.4 Å². The quantitative estimate of drug-likeness (QED) is 0.625. The number of nitrogens with zero attached hydrogens (tertiary/aromatic N) is 1. The summed E-state index contributed by atoms with van der Waals surface area (Å²) >= 11 is 0. The number of fused-ring (bicyclic) bond motifs is 3. The van der Waals surface area contributed by atoms with Gasteiger partial charge in [0.25, 0.3) is 0 Å². The molecule has 1 aliphatic rings. The molecule has 0 spiro atoms. The van der Waals surface area contributed by atoms with Gasteiger partial charge in [0, 0.05) is 36.8 Å². The van der Waals surface area contributed by atoms with E-state index in [2.05, 4.69) is 24.9 Å². The first kappa shape index (κ1) is 21.4. The summed E-state index contributed by atoms with van der Waals surface area (Å²) in [5.74, 6) is -0.726. The lowest BCUT2D eigenvalue weighted by molar-refractivity contribution is -0.141. The molecule has 0 saturated heterocycles. The van der Waals surface area contributed by atoms with E-state index in [0.29, 0.717) is 25.9 Å². The largest absolute Gasteiger partial charge is 0.481 e. The van der Waals surface area contributed by atoms with Crippen molar-refractivity contribution in [2.45, 2.75) is 64.4 Å². The van der Waals surface area contributed by atoms with E-state index in [1.165, 1.54) is 5.56 Å². The van der Waals surface area contributed by atoms with Gasteiger partial charge < -0.3 is 19.7 Å². The highest BCUT2D eigenvalue weighted by Gasteiger charge is 2.41. The van der Waals surface area contributed by atoms with E-state index in [-0.39, 0.29) is 12.3 Å². The van der Waals surface area contributed by atoms with Crippen LogP contribution >= 0.6 is 0 Å². The Labute approximate surface area is 172 Å². The Kier molecular flexibility index (Phi) is 6.96. The molecule has 2 N–H and O–H groups in total. The average molecular weight is 401 g/mol. The van der Waals surface area contributed by atoms with E-state index in [4.69, 9.17) is 4.74 Å². The summed E-state index contributed by atoms with van der Waals surface area (Å²) in [4.78, 5) is 29.6. The fourth-order valence-electron chi connectivity index (χ4n) is 4.47. The van der Waals surface area contributed by atoms with E-state index in [1.54, 1.807) is 0 Å². The lowest BCUT2D eigenvalue weighted by Gasteiger charge is -2.38. The van der Waals surface area contributed by atoms with Crippen LogP contribution in [0.2, 0.25) is 0 Å². The molecule has 3 rings (SSSR count). The van der Waals surface area contributed by atoms with Gasteiger partial charge in [0.2, 0.25) is 5.91 Å². The normalized spacial score (nSPS) is 18.6. The number of carbonyl (C=O) groups is 2. The van der Waals surface area contributed by atoms with Crippen LogP contribution in [-0.2, 0) is 26.3 Å². The Hall–Kier alpha value is -2.34. The molecule has 2 aromatic rings. The van der Waals surface area contributed by atoms with Crippen LogP contribution in [0.15, 0.2) is 24.3 Å². The first-order chi connectivity index (χ1) is 14.0. The number of aliphatic carboxylic acids is 1. The number of hydrogen-bond donors (Lipinski definition) is 2. The predicted molar refractivity (Wildman–Crippen MR) is 113 cm³/mol. The molecule has 0 fully saturated rings. The molecule has 0 saturated carbocycles. The third-order valence-electron chi connectivity index (χ3n) is 5.82. The third-order valence-corrected chi connectivity index (χ3v) is 5.82. The van der Waals surface area contributed by atoms with Crippen LogP contribution in [0, 0.1) is 0 Å². The first-order valence-corrected chi connectivity index (χ1v) is 10.7. The highest BCUT2D eigenvalue weighted by molar-refractivity contribution is 5.85. The number of aromatic amines is 1. The number of carboxylic acid groups (broad SMARTS) is 1. The fourth-order valence-corrected chi connectivity index (χ4v) is 4.47. The van der Waals surface area contributed by atoms with E-state index in [0.717, 1.165) is 48.9 Å². The van der Waals surface area contributed by atoms with Crippen molar-refractivity contribution in [2.75, 3.05) is 19.7 Å². The summed E-state index contributed by atoms with van der Waals surface area (Å²) < 4.78 is 6.26. The number of ether oxygens (including phenoxy) is 1. The van der Waals surface area contributed by atoms with Crippen molar-refractivity contribution in [3.05, 3.63) is 35.5 Å². The highest BCUT2D eigenvalue weighted by atomic mass is 16.5. The molecule has 1 aliphatic heterocycles. The number of carbonyl (C=O) groups excluding carboxylic acids is 1. The Balaban J connectivity index is 1.89. The SMILES string of the molecule is CCCN(CCC)C(=O)CCC1(CCC(=O)O)OCCc2c1[nH]c1ccccc21. The fraction of sp³-hybridized carbons (Fsp3) is 0.565. The van der Waals surface area contributed by atoms with Gasteiger partial charge in [-0.15, -0.1) is 0 Å². The average Bonchev–Trinajstić information content (AvgIpc) is 3.10. The molecule has 1 amide bonds. The van der Waals surface area contributed by atoms with Gasteiger partial charge in [0.15, 0.2) is 0 Å². The van der Waals surface area contributed by atoms with Crippen molar-refractivity contribution in [1.82, 2.24) is 9.88 Å². The number of nitrogens with one attached hydrogen (secondary N) is 1. The lowest BCUT2D eigenvalue weighted by atomic mass is 9.83. The Morgan fingerprint density at radius 3 is 2.52 bits per heavy atom. The number of benzene rings is 1. The number of para-hydroxylation sites is 1. The van der Waals surface area contributed by atoms with Crippen LogP contribution in [0.1, 0.15) is 63.6 Å². The van der Waals surface area contributed by atoms with E-state index >= 15 is 0 Å². The summed E-state index contributed by atoms with van der Waals surface area (Å²) in [6.45, 7) is 6.20. The first-order valence-electron chi connectivity index (χ1n) is 10.7. The molecule has 0 radical (unpaired) electrons. The Morgan fingerprint density at radius 1 is 1.14 bits per heavy atom. The minimum Gasteiger partial charge on any atom is -0.481 e. The summed E-state index contributed by atoms with van der Waals surface area (Å²) in [5.41, 5.74) is 2.43. The zero-order valence-corrected chi connectivity index (χ0v) is 17.5. The second kappa shape index (κ2) is 9.44. The molecule has 6 heteroatoms. The number of carboxylic acids is 1. The smallest absolute Gasteiger partial charge is 0.303 e. The monoisotopic (exact) mass is 400 g/mol. The molecule has 1 aromatic heterocycles. The number of aromatic nitrogens is 1. The molecule has 158 valence electrons. The van der Waals surface area contributed by atoms with Gasteiger partial charge in [-0.2, -0.15) is 0 Å². The molecule has 1 atom stereocenters. The van der Waals surface area contributed by atoms with Crippen LogP contribution in [0.5, 0.6) is 0 Å². The predicted octanol–water partition coefficient (Wildman–Crippen LogP) is 4.23. The van der Waals surface area contributed by atoms with Crippen molar-refractivity contribution in [2.24, 2.45) is 0 Å². The second-order valence-corrected chi connectivity index (χ2v) is 7.89. The number of amides is 1. The minimum absolute atomic E-state index is 0.0105. The summed E-state index contributed by atoms with van der Waals surface area (Å²) in [7, 11) is 0. The van der Waals surface area contributed by atoms with Gasteiger partial charge in [0.05, 0.1) is 12.3 Å². The van der Waals surface area contributed by atoms with Crippen molar-refractivity contribution in [3.8, 4) is 0 Å². The van der Waals surface area contributed by atoms with Crippen LogP contribution < -0.4 is 0 Å². The van der Waals surface area contributed by atoms with Crippen LogP contribution in [-0.4, -0.2) is 46.6 Å². The van der Waals surface area contributed by atoms with Crippen LogP contribution in [0.4, 0.5) is 0 Å². The molecule has 2 heterocycles. The van der Waals surface area contributed by atoms with E-state index in [1.807, 2.05) is 23.1 Å². The summed E-state index contributed by atoms with van der Waals surface area (Å²) in [6.07, 6.45) is 3.86. The Bertz CT molecular complexity index is 854. The summed E-state index contributed by atoms with van der Waals surface area (Å²) in [6, 6.07) is 8.13. The van der Waals surface area contributed by atoms with Gasteiger partial charge in [-0.25, -0.2) is 0 Å². The third kappa shape index (κ3) is 4.64. The molecule has 1 aromatic carbocycles. The molecule has 0 bridgehead atoms. The highest BCUT2D eigenvalue weighted by Crippen LogP contribution is 2.43. The van der Waals surface area contributed by atoms with Gasteiger partial charge >= 0.3 is 5.97 Å². The van der Waals surface area contributed by atoms with Crippen LogP contribution in [0.25, 0.3) is 10.9 Å². The number of rotatable bonds is 10. The second-order valence-electron chi connectivity index (χ2n) is 7.89. The number of hydrogen-bond acceptors (Lipinski definition) is 3. The van der Waals surface area contributed by atoms with Crippen LogP contribution in [0.3, 0.4) is 0 Å². The molecule has 1 unspecified atom stereocenters. The zero-order chi connectivity index (χ0) is 20.9. The molecule has 6 nitrogen and oxygen atoms in total. The topological polar surface area (TPSA) is 82.6 Å². The van der Waals surface area contributed by atoms with Gasteiger partial charge in [-0.1, -0.05) is 32.0 Å². The standard InChI is InChI=1S/C23H32N2O4/c1-3-14-25(15-4-2)20(26)9-12-23(13-10-21(27)28)22-18(11-16-29-23)17-7-5-6-8-19(17)24-22/h5-8,24H,3-4,9-16H2,1-2H3,(H,27,28). The maximum Gasteiger partial charge on any atom is 0.303 e. The molecule has 29 heavy (non-hydrogen) atoms. The van der Waals surface area contributed by atoms with E-state index < -0.39 is 11.6 Å². The maximum absolute atomic E-state index is 12.9. The molecular weight excluding hydrogens is 368 g/mol. The maximum atomic E-state index is 12.9. The molecule has 0 aliphatic carbocycles. The van der Waals surface area contributed by atoms with Gasteiger partial charge in [-0.05, 0) is 43.7 Å². The van der Waals surface area contributed by atoms with Crippen molar-refractivity contribution in [1.29, 1.82) is 0 Å². The summed E-state index contributed by atoms with van der Waals surface area (Å²) in [5, 5.41) is 10.5.